The van der Waals surface area contributed by atoms with Crippen LogP contribution in [0.5, 0.6) is 0 Å². The topological polar surface area (TPSA) is 67.6 Å². The average Bonchev–Trinajstić information content (AvgIpc) is 2.86. The van der Waals surface area contributed by atoms with Gasteiger partial charge >= 0.3 is 0 Å². The van der Waals surface area contributed by atoms with Crippen molar-refractivity contribution in [1.82, 2.24) is 15.0 Å². The number of nitrogens with two attached hydrogens (primary N) is 1. The minimum Gasteiger partial charge on any atom is -0.358 e. The Balaban J connectivity index is 1.84. The molecule has 15 heavy (non-hydrogen) atoms. The number of H-pyrrole nitrogens is 1. The Kier molecular flexibility index (Phi) is 1.79. The minimum atomic E-state index is 0.122. The summed E-state index contributed by atoms with van der Waals surface area (Å²) in [6.45, 7) is 0. The monoisotopic (exact) mass is 202 g/mol. The van der Waals surface area contributed by atoms with Gasteiger partial charge in [0.1, 0.15) is 6.33 Å². The number of aromatic nitrogens is 3. The number of aromatic amines is 1. The van der Waals surface area contributed by atoms with Crippen LogP contribution >= 0.6 is 0 Å². The first-order valence-corrected chi connectivity index (χ1v) is 5.32. The lowest BCUT2D eigenvalue weighted by molar-refractivity contribution is 0.610. The summed E-state index contributed by atoms with van der Waals surface area (Å²) in [6, 6.07) is 0. The summed E-state index contributed by atoms with van der Waals surface area (Å²) in [5, 5.41) is 0. The van der Waals surface area contributed by atoms with Crippen LogP contribution in [0.3, 0.4) is 0 Å². The molecule has 0 atom stereocenters. The Morgan fingerprint density at radius 3 is 3.13 bits per heavy atom. The largest absolute Gasteiger partial charge is 0.358 e. The van der Waals surface area contributed by atoms with E-state index in [0.717, 1.165) is 23.9 Å². The maximum absolute atomic E-state index is 6.06. The highest BCUT2D eigenvalue weighted by Crippen LogP contribution is 2.36. The van der Waals surface area contributed by atoms with Gasteiger partial charge in [-0.25, -0.2) is 9.97 Å². The number of hydrogen-bond donors (Lipinski definition) is 2. The Labute approximate surface area is 87.9 Å². The first kappa shape index (κ1) is 8.85. The number of fused-ring (bicyclic) bond motifs is 1. The van der Waals surface area contributed by atoms with Crippen molar-refractivity contribution in [1.29, 1.82) is 0 Å². The Hall–Kier alpha value is -1.42. The molecule has 3 rings (SSSR count). The molecule has 1 aliphatic carbocycles. The second kappa shape index (κ2) is 3.03. The van der Waals surface area contributed by atoms with Crippen LogP contribution in [0.2, 0.25) is 0 Å². The van der Waals surface area contributed by atoms with Crippen molar-refractivity contribution >= 4 is 11.0 Å². The van der Waals surface area contributed by atoms with Crippen molar-refractivity contribution in [2.24, 2.45) is 5.73 Å². The van der Waals surface area contributed by atoms with Gasteiger partial charge in [-0.2, -0.15) is 0 Å². The molecule has 0 unspecified atom stereocenters. The molecule has 1 aliphatic rings. The lowest BCUT2D eigenvalue weighted by Crippen LogP contribution is -2.22. The molecule has 3 N–H and O–H groups in total. The van der Waals surface area contributed by atoms with Crippen molar-refractivity contribution < 1.29 is 0 Å². The highest BCUT2D eigenvalue weighted by atomic mass is 14.9. The van der Waals surface area contributed by atoms with E-state index in [-0.39, 0.29) is 5.54 Å². The number of rotatable bonds is 3. The summed E-state index contributed by atoms with van der Waals surface area (Å²) < 4.78 is 0. The zero-order chi connectivity index (χ0) is 10.3. The second-order valence-electron chi connectivity index (χ2n) is 4.46. The van der Waals surface area contributed by atoms with Gasteiger partial charge in [-0.3, -0.25) is 0 Å². The van der Waals surface area contributed by atoms with E-state index in [2.05, 4.69) is 15.0 Å². The molecule has 1 saturated carbocycles. The van der Waals surface area contributed by atoms with E-state index in [1.807, 2.05) is 6.20 Å². The van der Waals surface area contributed by atoms with Crippen molar-refractivity contribution in [3.63, 3.8) is 0 Å². The van der Waals surface area contributed by atoms with Crippen LogP contribution in [0.25, 0.3) is 11.0 Å². The van der Waals surface area contributed by atoms with E-state index < -0.39 is 0 Å². The van der Waals surface area contributed by atoms with E-state index >= 15 is 0 Å². The van der Waals surface area contributed by atoms with Crippen LogP contribution in [0.4, 0.5) is 0 Å². The van der Waals surface area contributed by atoms with Crippen molar-refractivity contribution in [3.05, 3.63) is 24.3 Å². The molecule has 2 aromatic heterocycles. The average molecular weight is 202 g/mol. The third-order valence-electron chi connectivity index (χ3n) is 3.20. The summed E-state index contributed by atoms with van der Waals surface area (Å²) in [4.78, 5) is 11.4. The van der Waals surface area contributed by atoms with Gasteiger partial charge in [0.05, 0.1) is 17.2 Å². The van der Waals surface area contributed by atoms with Crippen LogP contribution in [0.1, 0.15) is 24.8 Å². The molecule has 2 heterocycles. The zero-order valence-electron chi connectivity index (χ0n) is 8.53. The van der Waals surface area contributed by atoms with Gasteiger partial charge in [-0.1, -0.05) is 0 Å². The fourth-order valence-electron chi connectivity index (χ4n) is 1.91. The van der Waals surface area contributed by atoms with E-state index in [0.29, 0.717) is 0 Å². The maximum Gasteiger partial charge on any atom is 0.116 e. The van der Waals surface area contributed by atoms with Gasteiger partial charge in [-0.15, -0.1) is 0 Å². The van der Waals surface area contributed by atoms with Crippen LogP contribution in [-0.2, 0) is 6.42 Å². The second-order valence-corrected chi connectivity index (χ2v) is 4.46. The molecule has 0 radical (unpaired) electrons. The molecule has 4 nitrogen and oxygen atoms in total. The van der Waals surface area contributed by atoms with E-state index in [9.17, 15) is 0 Å². The van der Waals surface area contributed by atoms with Gasteiger partial charge in [0.15, 0.2) is 0 Å². The molecular weight excluding hydrogens is 188 g/mol. The Morgan fingerprint density at radius 2 is 2.33 bits per heavy atom. The molecule has 0 saturated heterocycles. The SMILES string of the molecule is NC1(CCc2c[nH]c3cncnc23)CC1. The highest BCUT2D eigenvalue weighted by molar-refractivity contribution is 5.77. The van der Waals surface area contributed by atoms with E-state index in [1.54, 1.807) is 12.5 Å². The number of nitrogens with zero attached hydrogens (tertiary/aromatic N) is 2. The van der Waals surface area contributed by atoms with Gasteiger partial charge in [0.25, 0.3) is 0 Å². The van der Waals surface area contributed by atoms with E-state index in [1.165, 1.54) is 18.4 Å². The summed E-state index contributed by atoms with van der Waals surface area (Å²) in [5.41, 5.74) is 9.48. The number of nitrogens with one attached hydrogen (secondary N) is 1. The lowest BCUT2D eigenvalue weighted by Gasteiger charge is -2.06. The van der Waals surface area contributed by atoms with Gasteiger partial charge in [0.2, 0.25) is 0 Å². The summed E-state index contributed by atoms with van der Waals surface area (Å²) >= 11 is 0. The molecule has 0 aromatic carbocycles. The predicted octanol–water partition coefficient (Wildman–Crippen LogP) is 1.38. The van der Waals surface area contributed by atoms with Gasteiger partial charge in [-0.05, 0) is 31.2 Å². The first-order valence-electron chi connectivity index (χ1n) is 5.32. The lowest BCUT2D eigenvalue weighted by atomic mass is 10.1. The van der Waals surface area contributed by atoms with Crippen molar-refractivity contribution in [2.45, 2.75) is 31.2 Å². The first-order chi connectivity index (χ1) is 7.27. The Bertz CT molecular complexity index is 484. The summed E-state index contributed by atoms with van der Waals surface area (Å²) in [6.07, 6.45) is 9.83. The van der Waals surface area contributed by atoms with Crippen molar-refractivity contribution in [2.75, 3.05) is 0 Å². The van der Waals surface area contributed by atoms with Gasteiger partial charge in [0, 0.05) is 11.7 Å². The van der Waals surface area contributed by atoms with Gasteiger partial charge < -0.3 is 10.7 Å². The Morgan fingerprint density at radius 1 is 1.47 bits per heavy atom. The standard InChI is InChI=1S/C11H14N4/c12-11(3-4-11)2-1-8-5-14-9-6-13-7-15-10(8)9/h5-7,14H,1-4,12H2. The van der Waals surface area contributed by atoms with Crippen LogP contribution < -0.4 is 5.73 Å². The quantitative estimate of drug-likeness (QED) is 0.790. The molecule has 1 fully saturated rings. The van der Waals surface area contributed by atoms with E-state index in [4.69, 9.17) is 5.73 Å². The van der Waals surface area contributed by atoms with Crippen molar-refractivity contribution in [3.8, 4) is 0 Å². The highest BCUT2D eigenvalue weighted by Gasteiger charge is 2.37. The fraction of sp³-hybridized carbons (Fsp3) is 0.455. The predicted molar refractivity (Wildman–Crippen MR) is 58.4 cm³/mol. The molecule has 0 bridgehead atoms. The number of aryl methyl sites for hydroxylation is 1. The fourth-order valence-corrected chi connectivity index (χ4v) is 1.91. The summed E-state index contributed by atoms with van der Waals surface area (Å²) in [5.74, 6) is 0. The normalized spacial score (nSPS) is 18.2. The number of hydrogen-bond acceptors (Lipinski definition) is 3. The van der Waals surface area contributed by atoms with Crippen LogP contribution in [0, 0.1) is 0 Å². The molecule has 4 heteroatoms. The molecular formula is C11H14N4. The third kappa shape index (κ3) is 1.61. The molecule has 0 aliphatic heterocycles. The van der Waals surface area contributed by atoms with Crippen LogP contribution in [0.15, 0.2) is 18.7 Å². The molecule has 2 aromatic rings. The maximum atomic E-state index is 6.06. The van der Waals surface area contributed by atoms with Crippen LogP contribution in [-0.4, -0.2) is 20.5 Å². The molecule has 0 amide bonds. The molecule has 0 spiro atoms. The minimum absolute atomic E-state index is 0.122. The smallest absolute Gasteiger partial charge is 0.116 e. The molecule has 78 valence electrons. The summed E-state index contributed by atoms with van der Waals surface area (Å²) in [7, 11) is 0. The third-order valence-corrected chi connectivity index (χ3v) is 3.20. The zero-order valence-corrected chi connectivity index (χ0v) is 8.53.